The minimum atomic E-state index is -0.679. The van der Waals surface area contributed by atoms with Crippen LogP contribution in [-0.4, -0.2) is 43.4 Å². The van der Waals surface area contributed by atoms with Crippen LogP contribution in [0.25, 0.3) is 0 Å². The molecule has 0 aliphatic heterocycles. The van der Waals surface area contributed by atoms with E-state index < -0.39 is 6.09 Å². The van der Waals surface area contributed by atoms with Crippen LogP contribution in [0.3, 0.4) is 0 Å². The topological polar surface area (TPSA) is 52.3 Å². The maximum atomic E-state index is 10.3. The van der Waals surface area contributed by atoms with E-state index in [1.807, 2.05) is 0 Å². The van der Waals surface area contributed by atoms with Crippen LogP contribution in [0.15, 0.2) is 0 Å². The van der Waals surface area contributed by atoms with Crippen molar-refractivity contribution >= 4 is 6.09 Å². The number of quaternary nitrogens is 1. The predicted octanol–water partition coefficient (Wildman–Crippen LogP) is -2.04. The summed E-state index contributed by atoms with van der Waals surface area (Å²) in [6.07, 6.45) is -0.679. The van der Waals surface area contributed by atoms with Crippen molar-refractivity contribution in [2.75, 3.05) is 32.8 Å². The molecule has 0 rings (SSSR count). The minimum absolute atomic E-state index is 0. The molecule has 4 nitrogen and oxygen atoms in total. The summed E-state index contributed by atoms with van der Waals surface area (Å²) < 4.78 is 5.71. The number of carbonyl (C=O) groups is 1. The maximum absolute atomic E-state index is 10.3. The van der Waals surface area contributed by atoms with Crippen molar-refractivity contribution < 1.29 is 38.0 Å². The van der Waals surface area contributed by atoms with Gasteiger partial charge < -0.3 is 38.9 Å². The molecule has 14 heavy (non-hydrogen) atoms. The number of rotatable bonds is 6. The van der Waals surface area contributed by atoms with Gasteiger partial charge in [-0.3, -0.25) is 0 Å². The lowest BCUT2D eigenvalue weighted by Crippen LogP contribution is -3.00. The Morgan fingerprint density at radius 2 is 1.64 bits per heavy atom. The van der Waals surface area contributed by atoms with E-state index >= 15 is 0 Å². The summed E-state index contributed by atoms with van der Waals surface area (Å²) in [7, 11) is 0. The van der Waals surface area contributed by atoms with Gasteiger partial charge >= 0.3 is 6.09 Å². The Morgan fingerprint density at radius 1 is 1.21 bits per heavy atom. The second-order valence-electron chi connectivity index (χ2n) is 3.18. The predicted molar refractivity (Wildman–Crippen MR) is 52.3 cm³/mol. The zero-order valence-corrected chi connectivity index (χ0v) is 11.4. The Hall–Kier alpha value is -0.0400. The number of halogens is 1. The minimum Gasteiger partial charge on any atom is -1.00 e. The van der Waals surface area contributed by atoms with Gasteiger partial charge in [0.15, 0.2) is 0 Å². The van der Waals surface area contributed by atoms with Gasteiger partial charge in [-0.2, -0.15) is 0 Å². The van der Waals surface area contributed by atoms with Crippen molar-refractivity contribution in [2.24, 2.45) is 5.73 Å². The third-order valence-electron chi connectivity index (χ3n) is 2.82. The van der Waals surface area contributed by atoms with Crippen molar-refractivity contribution in [3.63, 3.8) is 0 Å². The molecule has 0 heterocycles. The highest BCUT2D eigenvalue weighted by atomic mass is 127. The van der Waals surface area contributed by atoms with Crippen molar-refractivity contribution in [3.05, 3.63) is 0 Å². The van der Waals surface area contributed by atoms with Crippen LogP contribution in [0.5, 0.6) is 0 Å². The van der Waals surface area contributed by atoms with Crippen LogP contribution in [0.2, 0.25) is 0 Å². The summed E-state index contributed by atoms with van der Waals surface area (Å²) in [5, 5.41) is 0. The standard InChI is InChI=1S/C9H20N2O2.HI/c1-4-11(5-2,6-3)7-8-13-9(10)12;/h4-8H2,1-3H3,(H-,10,12);1H. The molecule has 0 saturated heterocycles. The molecule has 2 N–H and O–H groups in total. The monoisotopic (exact) mass is 316 g/mol. The van der Waals surface area contributed by atoms with E-state index in [2.05, 4.69) is 20.8 Å². The molecule has 86 valence electrons. The van der Waals surface area contributed by atoms with E-state index in [1.165, 1.54) is 0 Å². The molecule has 0 unspecified atom stereocenters. The van der Waals surface area contributed by atoms with Crippen LogP contribution in [-0.2, 0) is 4.74 Å². The van der Waals surface area contributed by atoms with Gasteiger partial charge in [-0.1, -0.05) is 0 Å². The summed E-state index contributed by atoms with van der Waals surface area (Å²) >= 11 is 0. The van der Waals surface area contributed by atoms with Gasteiger partial charge in [0.25, 0.3) is 0 Å². The number of nitrogens with two attached hydrogens (primary N) is 1. The molecule has 0 radical (unpaired) electrons. The molecule has 5 heteroatoms. The molecule has 0 spiro atoms. The van der Waals surface area contributed by atoms with Gasteiger partial charge in [0.05, 0.1) is 19.6 Å². The van der Waals surface area contributed by atoms with Crippen molar-refractivity contribution in [3.8, 4) is 0 Å². The lowest BCUT2D eigenvalue weighted by molar-refractivity contribution is -0.923. The Bertz CT molecular complexity index is 153. The van der Waals surface area contributed by atoms with E-state index in [0.717, 1.165) is 30.7 Å². The van der Waals surface area contributed by atoms with Gasteiger partial charge in [0.2, 0.25) is 0 Å². The number of likely N-dealkylation sites (N-methyl/N-ethyl adjacent to an activating group) is 1. The molecule has 0 aromatic carbocycles. The summed E-state index contributed by atoms with van der Waals surface area (Å²) in [5.74, 6) is 0. The quantitative estimate of drug-likeness (QED) is 0.454. The van der Waals surface area contributed by atoms with Crippen LogP contribution >= 0.6 is 0 Å². The first-order chi connectivity index (χ1) is 6.10. The van der Waals surface area contributed by atoms with Gasteiger partial charge in [0, 0.05) is 0 Å². The number of nitrogens with zero attached hydrogens (tertiary/aromatic N) is 1. The second kappa shape index (κ2) is 8.28. The Kier molecular flexibility index (Phi) is 9.70. The Labute approximate surface area is 103 Å². The number of carbonyl (C=O) groups excluding carboxylic acids is 1. The number of hydrogen-bond donors (Lipinski definition) is 1. The second-order valence-corrected chi connectivity index (χ2v) is 3.18. The highest BCUT2D eigenvalue weighted by Crippen LogP contribution is 2.04. The Morgan fingerprint density at radius 3 is 1.93 bits per heavy atom. The van der Waals surface area contributed by atoms with E-state index in [-0.39, 0.29) is 24.0 Å². The summed E-state index contributed by atoms with van der Waals surface area (Å²) in [4.78, 5) is 10.3. The molecular formula is C9H21IN2O2. The van der Waals surface area contributed by atoms with Crippen LogP contribution < -0.4 is 29.7 Å². The third-order valence-corrected chi connectivity index (χ3v) is 2.82. The van der Waals surface area contributed by atoms with E-state index in [4.69, 9.17) is 10.5 Å². The number of ether oxygens (including phenoxy) is 1. The maximum Gasteiger partial charge on any atom is 0.404 e. The zero-order chi connectivity index (χ0) is 10.3. The third kappa shape index (κ3) is 5.64. The molecule has 0 aliphatic carbocycles. The van der Waals surface area contributed by atoms with Gasteiger partial charge in [-0.05, 0) is 20.8 Å². The van der Waals surface area contributed by atoms with Crippen LogP contribution in [0.4, 0.5) is 4.79 Å². The number of primary amides is 1. The molecule has 0 atom stereocenters. The van der Waals surface area contributed by atoms with Gasteiger partial charge in [-0.25, -0.2) is 4.79 Å². The molecule has 0 aliphatic rings. The molecule has 1 amide bonds. The van der Waals surface area contributed by atoms with Crippen LogP contribution in [0.1, 0.15) is 20.8 Å². The molecular weight excluding hydrogens is 295 g/mol. The fourth-order valence-electron chi connectivity index (χ4n) is 1.49. The molecule has 0 bridgehead atoms. The smallest absolute Gasteiger partial charge is 0.404 e. The number of hydrogen-bond acceptors (Lipinski definition) is 2. The van der Waals surface area contributed by atoms with E-state index in [9.17, 15) is 4.79 Å². The first kappa shape index (κ1) is 16.4. The first-order valence-corrected chi connectivity index (χ1v) is 4.87. The fourth-order valence-corrected chi connectivity index (χ4v) is 1.49. The lowest BCUT2D eigenvalue weighted by Gasteiger charge is -2.35. The van der Waals surface area contributed by atoms with Crippen molar-refractivity contribution in [1.82, 2.24) is 0 Å². The Balaban J connectivity index is 0. The SMILES string of the molecule is CC[N+](CC)(CC)CCOC(N)=O.[I-]. The molecule has 0 aromatic heterocycles. The first-order valence-electron chi connectivity index (χ1n) is 4.87. The molecule has 0 saturated carbocycles. The van der Waals surface area contributed by atoms with Crippen molar-refractivity contribution in [1.29, 1.82) is 0 Å². The highest BCUT2D eigenvalue weighted by Gasteiger charge is 2.20. The molecule has 0 aromatic rings. The highest BCUT2D eigenvalue weighted by molar-refractivity contribution is 5.64. The summed E-state index contributed by atoms with van der Waals surface area (Å²) in [5.41, 5.74) is 4.88. The van der Waals surface area contributed by atoms with E-state index in [1.54, 1.807) is 0 Å². The summed E-state index contributed by atoms with van der Waals surface area (Å²) in [6.45, 7) is 10.9. The lowest BCUT2D eigenvalue weighted by atomic mass is 10.3. The fraction of sp³-hybridized carbons (Fsp3) is 0.889. The van der Waals surface area contributed by atoms with Gasteiger partial charge in [-0.15, -0.1) is 0 Å². The van der Waals surface area contributed by atoms with E-state index in [0.29, 0.717) is 6.61 Å². The molecule has 0 fully saturated rings. The van der Waals surface area contributed by atoms with Gasteiger partial charge in [0.1, 0.15) is 13.2 Å². The zero-order valence-electron chi connectivity index (χ0n) is 9.25. The number of amides is 1. The summed E-state index contributed by atoms with van der Waals surface area (Å²) in [6, 6.07) is 0. The average molecular weight is 316 g/mol. The largest absolute Gasteiger partial charge is 1.00 e. The van der Waals surface area contributed by atoms with Crippen LogP contribution in [0, 0.1) is 0 Å². The van der Waals surface area contributed by atoms with Crippen molar-refractivity contribution in [2.45, 2.75) is 20.8 Å². The normalized spacial score (nSPS) is 10.5. The average Bonchev–Trinajstić information content (AvgIpc) is 2.13.